The SMILES string of the molecule is COc1ccc2nc(CNC(=O)[C@H]3OCC(=O)N(C)[C@@H]3c3ccccc3C)[nH]c2c1. The second-order valence-electron chi connectivity index (χ2n) is 7.32. The first kappa shape index (κ1) is 19.9. The summed E-state index contributed by atoms with van der Waals surface area (Å²) in [6.07, 6.45) is -0.807. The van der Waals surface area contributed by atoms with Gasteiger partial charge in [-0.3, -0.25) is 9.59 Å². The smallest absolute Gasteiger partial charge is 0.252 e. The number of nitrogens with one attached hydrogen (secondary N) is 2. The highest BCUT2D eigenvalue weighted by Gasteiger charge is 2.40. The fraction of sp³-hybridized carbons (Fsp3) is 0.318. The first-order chi connectivity index (χ1) is 14.5. The van der Waals surface area contributed by atoms with Crippen molar-refractivity contribution in [3.05, 3.63) is 59.4 Å². The van der Waals surface area contributed by atoms with Crippen molar-refractivity contribution in [3.8, 4) is 5.75 Å². The number of amides is 2. The van der Waals surface area contributed by atoms with Crippen LogP contribution < -0.4 is 10.1 Å². The zero-order valence-electron chi connectivity index (χ0n) is 17.1. The van der Waals surface area contributed by atoms with E-state index in [1.165, 1.54) is 0 Å². The predicted molar refractivity (Wildman–Crippen MR) is 111 cm³/mol. The molecule has 2 aromatic carbocycles. The molecular weight excluding hydrogens is 384 g/mol. The molecule has 0 bridgehead atoms. The van der Waals surface area contributed by atoms with Gasteiger partial charge >= 0.3 is 0 Å². The number of benzene rings is 2. The van der Waals surface area contributed by atoms with Crippen LogP contribution in [0.1, 0.15) is 23.0 Å². The Bertz CT molecular complexity index is 1090. The lowest BCUT2D eigenvalue weighted by Crippen LogP contribution is -2.53. The normalized spacial score (nSPS) is 19.2. The molecule has 2 atom stereocenters. The van der Waals surface area contributed by atoms with Gasteiger partial charge < -0.3 is 24.7 Å². The quantitative estimate of drug-likeness (QED) is 0.674. The second-order valence-corrected chi connectivity index (χ2v) is 7.32. The largest absolute Gasteiger partial charge is 0.497 e. The number of fused-ring (bicyclic) bond motifs is 1. The summed E-state index contributed by atoms with van der Waals surface area (Å²) in [7, 11) is 3.31. The fourth-order valence-electron chi connectivity index (χ4n) is 3.75. The number of H-pyrrole nitrogens is 1. The number of likely N-dealkylation sites (N-methyl/N-ethyl adjacent to an activating group) is 1. The van der Waals surface area contributed by atoms with E-state index in [1.54, 1.807) is 19.1 Å². The summed E-state index contributed by atoms with van der Waals surface area (Å²) in [5.74, 6) is 0.907. The van der Waals surface area contributed by atoms with Crippen molar-refractivity contribution in [2.24, 2.45) is 0 Å². The van der Waals surface area contributed by atoms with Gasteiger partial charge in [-0.1, -0.05) is 24.3 Å². The van der Waals surface area contributed by atoms with Gasteiger partial charge in [-0.2, -0.15) is 0 Å². The van der Waals surface area contributed by atoms with E-state index >= 15 is 0 Å². The van der Waals surface area contributed by atoms with E-state index < -0.39 is 12.1 Å². The highest BCUT2D eigenvalue weighted by atomic mass is 16.5. The van der Waals surface area contributed by atoms with E-state index in [4.69, 9.17) is 9.47 Å². The maximum absolute atomic E-state index is 13.0. The molecule has 0 spiro atoms. The summed E-state index contributed by atoms with van der Waals surface area (Å²) >= 11 is 0. The molecule has 1 fully saturated rings. The van der Waals surface area contributed by atoms with Crippen LogP contribution in [0.5, 0.6) is 5.75 Å². The van der Waals surface area contributed by atoms with Crippen LogP contribution in [0.2, 0.25) is 0 Å². The van der Waals surface area contributed by atoms with Crippen LogP contribution in [-0.2, 0) is 20.9 Å². The van der Waals surface area contributed by atoms with Crippen molar-refractivity contribution < 1.29 is 19.1 Å². The Kier molecular flexibility index (Phi) is 5.41. The molecule has 2 heterocycles. The first-order valence-corrected chi connectivity index (χ1v) is 9.71. The van der Waals surface area contributed by atoms with Gasteiger partial charge in [-0.25, -0.2) is 4.98 Å². The van der Waals surface area contributed by atoms with Crippen LogP contribution in [0.15, 0.2) is 42.5 Å². The number of methoxy groups -OCH3 is 1. The number of carbonyl (C=O) groups is 2. The molecule has 4 rings (SSSR count). The Morgan fingerprint density at radius 3 is 2.90 bits per heavy atom. The molecule has 1 saturated heterocycles. The standard InChI is InChI=1S/C22H24N4O4/c1-13-6-4-5-7-15(13)20-21(30-12-19(27)26(20)2)22(28)23-11-18-24-16-9-8-14(29-3)10-17(16)25-18/h4-10,20-21H,11-12H2,1-3H3,(H,23,28)(H,24,25)/t20-,21+/m1/s1. The average molecular weight is 408 g/mol. The number of aryl methyl sites for hydroxylation is 1. The van der Waals surface area contributed by atoms with Gasteiger partial charge in [-0.15, -0.1) is 0 Å². The maximum atomic E-state index is 13.0. The molecule has 3 aromatic rings. The minimum atomic E-state index is -0.807. The number of hydrogen-bond donors (Lipinski definition) is 2. The molecule has 2 N–H and O–H groups in total. The number of rotatable bonds is 5. The van der Waals surface area contributed by atoms with Crippen molar-refractivity contribution in [1.29, 1.82) is 0 Å². The van der Waals surface area contributed by atoms with Crippen LogP contribution in [0, 0.1) is 6.92 Å². The zero-order chi connectivity index (χ0) is 21.3. The van der Waals surface area contributed by atoms with E-state index in [-0.39, 0.29) is 25.0 Å². The van der Waals surface area contributed by atoms with Crippen molar-refractivity contribution in [2.75, 3.05) is 20.8 Å². The number of imidazole rings is 1. The number of ether oxygens (including phenoxy) is 2. The van der Waals surface area contributed by atoms with E-state index in [0.29, 0.717) is 5.82 Å². The molecule has 1 aliphatic heterocycles. The van der Waals surface area contributed by atoms with Crippen LogP contribution in [0.4, 0.5) is 0 Å². The topological polar surface area (TPSA) is 96.6 Å². The zero-order valence-corrected chi connectivity index (χ0v) is 17.1. The Labute approximate surface area is 174 Å². The van der Waals surface area contributed by atoms with Crippen molar-refractivity contribution in [2.45, 2.75) is 25.6 Å². The molecule has 8 nitrogen and oxygen atoms in total. The summed E-state index contributed by atoms with van der Waals surface area (Å²) in [6.45, 7) is 2.05. The summed E-state index contributed by atoms with van der Waals surface area (Å²) in [4.78, 5) is 34.5. The lowest BCUT2D eigenvalue weighted by atomic mass is 9.94. The maximum Gasteiger partial charge on any atom is 0.252 e. The molecule has 0 aliphatic carbocycles. The van der Waals surface area contributed by atoms with Gasteiger partial charge in [0, 0.05) is 13.1 Å². The molecule has 0 unspecified atom stereocenters. The minimum Gasteiger partial charge on any atom is -0.497 e. The monoisotopic (exact) mass is 408 g/mol. The van der Waals surface area contributed by atoms with Crippen LogP contribution >= 0.6 is 0 Å². The second kappa shape index (κ2) is 8.16. The molecule has 0 saturated carbocycles. The number of aromatic amines is 1. The Hall–Kier alpha value is -3.39. The molecule has 1 aromatic heterocycles. The molecule has 30 heavy (non-hydrogen) atoms. The van der Waals surface area contributed by atoms with Crippen LogP contribution in [-0.4, -0.2) is 53.6 Å². The highest BCUT2D eigenvalue weighted by molar-refractivity contribution is 5.86. The molecule has 1 aliphatic rings. The first-order valence-electron chi connectivity index (χ1n) is 9.71. The number of carbonyl (C=O) groups excluding carboxylic acids is 2. The van der Waals surface area contributed by atoms with Crippen molar-refractivity contribution >= 4 is 22.8 Å². The van der Waals surface area contributed by atoms with Crippen LogP contribution in [0.3, 0.4) is 0 Å². The lowest BCUT2D eigenvalue weighted by Gasteiger charge is -2.38. The summed E-state index contributed by atoms with van der Waals surface area (Å²) in [5.41, 5.74) is 3.51. The Morgan fingerprint density at radius 2 is 2.13 bits per heavy atom. The van der Waals surface area contributed by atoms with E-state index in [2.05, 4.69) is 15.3 Å². The predicted octanol–water partition coefficient (Wildman–Crippen LogP) is 2.09. The number of nitrogens with zero attached hydrogens (tertiary/aromatic N) is 2. The number of morpholine rings is 1. The number of aromatic nitrogens is 2. The summed E-state index contributed by atoms with van der Waals surface area (Å²) in [6, 6.07) is 12.8. The molecular formula is C22H24N4O4. The molecule has 0 radical (unpaired) electrons. The minimum absolute atomic E-state index is 0.124. The third kappa shape index (κ3) is 3.73. The lowest BCUT2D eigenvalue weighted by molar-refractivity contribution is -0.162. The Morgan fingerprint density at radius 1 is 1.33 bits per heavy atom. The highest BCUT2D eigenvalue weighted by Crippen LogP contribution is 2.31. The van der Waals surface area contributed by atoms with Gasteiger partial charge in [-0.05, 0) is 30.2 Å². The average Bonchev–Trinajstić information content (AvgIpc) is 3.16. The molecule has 2 amide bonds. The third-order valence-corrected chi connectivity index (χ3v) is 5.42. The van der Waals surface area contributed by atoms with Crippen LogP contribution in [0.25, 0.3) is 11.0 Å². The van der Waals surface area contributed by atoms with Gasteiger partial charge in [0.2, 0.25) is 5.91 Å². The van der Waals surface area contributed by atoms with Gasteiger partial charge in [0.25, 0.3) is 5.91 Å². The van der Waals surface area contributed by atoms with Gasteiger partial charge in [0.1, 0.15) is 18.2 Å². The molecule has 8 heteroatoms. The third-order valence-electron chi connectivity index (χ3n) is 5.42. The van der Waals surface area contributed by atoms with E-state index in [9.17, 15) is 9.59 Å². The summed E-state index contributed by atoms with van der Waals surface area (Å²) in [5, 5.41) is 2.89. The Balaban J connectivity index is 1.52. The number of hydrogen-bond acceptors (Lipinski definition) is 5. The van der Waals surface area contributed by atoms with E-state index in [0.717, 1.165) is 27.9 Å². The molecule has 156 valence electrons. The fourth-order valence-corrected chi connectivity index (χ4v) is 3.75. The van der Waals surface area contributed by atoms with Crippen molar-refractivity contribution in [3.63, 3.8) is 0 Å². The van der Waals surface area contributed by atoms with Gasteiger partial charge in [0.15, 0.2) is 6.10 Å². The van der Waals surface area contributed by atoms with E-state index in [1.807, 2.05) is 49.4 Å². The van der Waals surface area contributed by atoms with Crippen molar-refractivity contribution in [1.82, 2.24) is 20.2 Å². The van der Waals surface area contributed by atoms with Gasteiger partial charge in [0.05, 0.1) is 30.7 Å². The summed E-state index contributed by atoms with van der Waals surface area (Å²) < 4.78 is 10.9.